The quantitative estimate of drug-likeness (QED) is 0.332. The summed E-state index contributed by atoms with van der Waals surface area (Å²) in [5.74, 6) is -3.11. The van der Waals surface area contributed by atoms with Crippen LogP contribution in [0.25, 0.3) is 5.52 Å². The van der Waals surface area contributed by atoms with Crippen LogP contribution in [0, 0.1) is 5.82 Å². The zero-order chi connectivity index (χ0) is 29.9. The second-order valence-electron chi connectivity index (χ2n) is 8.73. The molecule has 0 aliphatic carbocycles. The fourth-order valence-electron chi connectivity index (χ4n) is 4.11. The van der Waals surface area contributed by atoms with Crippen molar-refractivity contribution in [2.75, 3.05) is 31.1 Å². The molecule has 16 heteroatoms. The number of amides is 1. The van der Waals surface area contributed by atoms with Gasteiger partial charge in [-0.2, -0.15) is 13.2 Å². The van der Waals surface area contributed by atoms with Crippen molar-refractivity contribution in [3.8, 4) is 0 Å². The Morgan fingerprint density at radius 3 is 2.29 bits per heavy atom. The van der Waals surface area contributed by atoms with E-state index in [1.165, 1.54) is 18.3 Å². The van der Waals surface area contributed by atoms with Gasteiger partial charge in [-0.25, -0.2) is 19.2 Å². The van der Waals surface area contributed by atoms with Gasteiger partial charge in [0.25, 0.3) is 11.5 Å². The van der Waals surface area contributed by atoms with Crippen LogP contribution in [-0.4, -0.2) is 73.6 Å². The van der Waals surface area contributed by atoms with Crippen molar-refractivity contribution in [2.45, 2.75) is 12.6 Å². The average Bonchev–Trinajstić information content (AvgIpc) is 3.26. The summed E-state index contributed by atoms with van der Waals surface area (Å²) in [5, 5.41) is 7.60. The molecule has 4 aromatic rings. The van der Waals surface area contributed by atoms with Crippen molar-refractivity contribution < 1.29 is 32.3 Å². The van der Waals surface area contributed by atoms with Crippen LogP contribution in [0.3, 0.4) is 0 Å². The lowest BCUT2D eigenvalue weighted by atomic mass is 10.0. The zero-order valence-corrected chi connectivity index (χ0v) is 22.3. The van der Waals surface area contributed by atoms with Gasteiger partial charge in [0, 0.05) is 56.9 Å². The summed E-state index contributed by atoms with van der Waals surface area (Å²) < 4.78 is 47.9. The van der Waals surface area contributed by atoms with E-state index in [-0.39, 0.29) is 27.2 Å². The molecule has 1 aromatic carbocycles. The fraction of sp³-hybridized carbons (Fsp3) is 0.240. The van der Waals surface area contributed by atoms with E-state index in [2.05, 4.69) is 15.0 Å². The lowest BCUT2D eigenvalue weighted by Crippen LogP contribution is -2.49. The maximum atomic E-state index is 14.7. The number of fused-ring (bicyclic) bond motifs is 1. The number of carboxylic acids is 1. The van der Waals surface area contributed by atoms with E-state index in [4.69, 9.17) is 33.1 Å². The number of halogens is 6. The molecule has 4 heterocycles. The van der Waals surface area contributed by atoms with Gasteiger partial charge in [0.2, 0.25) is 5.95 Å². The molecule has 1 aliphatic heterocycles. The van der Waals surface area contributed by atoms with Gasteiger partial charge >= 0.3 is 12.1 Å². The molecule has 1 amide bonds. The first-order chi connectivity index (χ1) is 19.4. The average molecular weight is 615 g/mol. The molecule has 216 valence electrons. The van der Waals surface area contributed by atoms with E-state index in [1.807, 2.05) is 4.90 Å². The van der Waals surface area contributed by atoms with Crippen molar-refractivity contribution >= 4 is 46.5 Å². The highest BCUT2D eigenvalue weighted by atomic mass is 35.5. The summed E-state index contributed by atoms with van der Waals surface area (Å²) in [4.78, 5) is 48.9. The van der Waals surface area contributed by atoms with E-state index >= 15 is 0 Å². The van der Waals surface area contributed by atoms with Gasteiger partial charge in [0.1, 0.15) is 16.5 Å². The molecule has 1 fully saturated rings. The van der Waals surface area contributed by atoms with Crippen LogP contribution in [0.15, 0.2) is 53.7 Å². The van der Waals surface area contributed by atoms with Crippen molar-refractivity contribution in [3.05, 3.63) is 92.1 Å². The van der Waals surface area contributed by atoms with Gasteiger partial charge in [-0.3, -0.25) is 14.0 Å². The van der Waals surface area contributed by atoms with Gasteiger partial charge < -0.3 is 19.9 Å². The van der Waals surface area contributed by atoms with Crippen LogP contribution < -0.4 is 10.5 Å². The molecule has 1 saturated heterocycles. The van der Waals surface area contributed by atoms with E-state index in [1.54, 1.807) is 39.9 Å². The molecule has 0 spiro atoms. The number of carbonyl (C=O) groups is 2. The van der Waals surface area contributed by atoms with Crippen molar-refractivity contribution in [3.63, 3.8) is 0 Å². The number of rotatable bonds is 4. The Bertz CT molecular complexity index is 1640. The highest BCUT2D eigenvalue weighted by molar-refractivity contribution is 6.42. The Hall–Kier alpha value is -4.17. The van der Waals surface area contributed by atoms with Crippen LogP contribution in [0.5, 0.6) is 0 Å². The number of aromatic amines is 1. The van der Waals surface area contributed by atoms with Crippen LogP contribution >= 0.6 is 23.2 Å². The number of piperazine rings is 1. The van der Waals surface area contributed by atoms with Gasteiger partial charge in [-0.1, -0.05) is 29.3 Å². The lowest BCUT2D eigenvalue weighted by Gasteiger charge is -2.34. The number of hydrogen-bond acceptors (Lipinski definition) is 6. The number of hydrogen-bond donors (Lipinski definition) is 2. The smallest absolute Gasteiger partial charge is 0.475 e. The minimum absolute atomic E-state index is 0.000727. The first kappa shape index (κ1) is 29.8. The Labute approximate surface area is 238 Å². The Morgan fingerprint density at radius 1 is 1.05 bits per heavy atom. The van der Waals surface area contributed by atoms with Crippen LogP contribution in [0.1, 0.15) is 21.6 Å². The molecule has 0 radical (unpaired) electrons. The first-order valence-corrected chi connectivity index (χ1v) is 12.6. The maximum Gasteiger partial charge on any atom is 0.490 e. The molecule has 10 nitrogen and oxygen atoms in total. The standard InChI is InChI=1S/C23H19Cl2FN6O2.C2HF3O2/c24-17-12-19-21(33)29-13-15(32(19)20(17)25)10-14-2-3-18(26)16(11-14)22(34)30-6-8-31(9-7-30)23-27-4-1-5-28-23;3-2(4,5)1(6)7/h1-5,11-13H,6-10H2,(H,29,33);(H,6,7). The molecule has 1 aliphatic rings. The molecule has 2 N–H and O–H groups in total. The highest BCUT2D eigenvalue weighted by Crippen LogP contribution is 2.27. The molecule has 41 heavy (non-hydrogen) atoms. The number of anilines is 1. The van der Waals surface area contributed by atoms with E-state index in [9.17, 15) is 27.2 Å². The van der Waals surface area contributed by atoms with Gasteiger partial charge in [0.15, 0.2) is 0 Å². The lowest BCUT2D eigenvalue weighted by molar-refractivity contribution is -0.192. The number of nitrogens with zero attached hydrogens (tertiary/aromatic N) is 5. The molecule has 0 bridgehead atoms. The minimum Gasteiger partial charge on any atom is -0.475 e. The summed E-state index contributed by atoms with van der Waals surface area (Å²) in [6.07, 6.45) is 0.0996. The second kappa shape index (κ2) is 12.1. The minimum atomic E-state index is -5.08. The van der Waals surface area contributed by atoms with E-state index < -0.39 is 18.0 Å². The maximum absolute atomic E-state index is 14.7. The monoisotopic (exact) mass is 614 g/mol. The third kappa shape index (κ3) is 6.77. The Kier molecular flexibility index (Phi) is 8.83. The first-order valence-electron chi connectivity index (χ1n) is 11.8. The summed E-state index contributed by atoms with van der Waals surface area (Å²) in [5.41, 5.74) is 1.32. The van der Waals surface area contributed by atoms with Crippen LogP contribution in [0.2, 0.25) is 10.2 Å². The summed E-state index contributed by atoms with van der Waals surface area (Å²) >= 11 is 12.4. The highest BCUT2D eigenvalue weighted by Gasteiger charge is 2.38. The number of carbonyl (C=O) groups excluding carboxylic acids is 1. The Balaban J connectivity index is 0.000000493. The number of carboxylic acid groups (broad SMARTS) is 1. The van der Waals surface area contributed by atoms with Gasteiger partial charge in [-0.05, 0) is 29.8 Å². The summed E-state index contributed by atoms with van der Waals surface area (Å²) in [7, 11) is 0. The van der Waals surface area contributed by atoms with Crippen LogP contribution in [0.4, 0.5) is 23.5 Å². The van der Waals surface area contributed by atoms with Crippen LogP contribution in [-0.2, 0) is 11.2 Å². The predicted molar refractivity (Wildman–Crippen MR) is 141 cm³/mol. The van der Waals surface area contributed by atoms with Gasteiger partial charge in [0.05, 0.1) is 10.6 Å². The zero-order valence-electron chi connectivity index (χ0n) is 20.8. The molecule has 0 unspecified atom stereocenters. The number of benzene rings is 1. The number of nitrogens with one attached hydrogen (secondary N) is 1. The topological polar surface area (TPSA) is 124 Å². The number of aliphatic carboxylic acids is 1. The predicted octanol–water partition coefficient (Wildman–Crippen LogP) is 4.05. The van der Waals surface area contributed by atoms with Crippen molar-refractivity contribution in [1.29, 1.82) is 0 Å². The largest absolute Gasteiger partial charge is 0.490 e. The normalized spacial score (nSPS) is 13.6. The second-order valence-corrected chi connectivity index (χ2v) is 9.50. The van der Waals surface area contributed by atoms with E-state index in [0.717, 1.165) is 0 Å². The summed E-state index contributed by atoms with van der Waals surface area (Å²) in [6, 6.07) is 7.67. The molecule has 3 aromatic heterocycles. The van der Waals surface area contributed by atoms with E-state index in [0.29, 0.717) is 55.3 Å². The molecular formula is C25H20Cl2F4N6O4. The molecule has 0 atom stereocenters. The SMILES string of the molecule is O=C(O)C(F)(F)F.O=C(c1cc(Cc2c[nH]c(=O)c3cc(Cl)c(Cl)n23)ccc1F)N1CCN(c2ncccn2)CC1. The number of alkyl halides is 3. The van der Waals surface area contributed by atoms with Crippen molar-refractivity contribution in [2.24, 2.45) is 0 Å². The molecule has 5 rings (SSSR count). The fourth-order valence-corrected chi connectivity index (χ4v) is 4.55. The molecule has 0 saturated carbocycles. The van der Waals surface area contributed by atoms with Crippen molar-refractivity contribution in [1.82, 2.24) is 24.3 Å². The third-order valence-corrected chi connectivity index (χ3v) is 6.84. The summed E-state index contributed by atoms with van der Waals surface area (Å²) in [6.45, 7) is 1.97. The number of aromatic nitrogens is 4. The van der Waals surface area contributed by atoms with Gasteiger partial charge in [-0.15, -0.1) is 0 Å². The third-order valence-electron chi connectivity index (χ3n) is 6.08. The molecular weight excluding hydrogens is 595 g/mol. The number of H-pyrrole nitrogens is 1. The Morgan fingerprint density at radius 2 is 1.68 bits per heavy atom.